The number of carbonyl (C=O) groups is 1. The second-order valence-corrected chi connectivity index (χ2v) is 3.94. The van der Waals surface area contributed by atoms with E-state index in [0.717, 1.165) is 5.69 Å². The van der Waals surface area contributed by atoms with Crippen LogP contribution in [-0.4, -0.2) is 29.1 Å². The summed E-state index contributed by atoms with van der Waals surface area (Å²) >= 11 is 0. The lowest BCUT2D eigenvalue weighted by atomic mass is 9.97. The number of nitrogens with zero attached hydrogens (tertiary/aromatic N) is 2. The molecule has 1 aromatic heterocycles. The topological polar surface area (TPSA) is 53.4 Å². The number of rotatable bonds is 2. The fourth-order valence-electron chi connectivity index (χ4n) is 1.97. The van der Waals surface area contributed by atoms with E-state index in [1.54, 1.807) is 6.07 Å². The summed E-state index contributed by atoms with van der Waals surface area (Å²) < 4.78 is 12.9. The smallest absolute Gasteiger partial charge is 0.306 e. The van der Waals surface area contributed by atoms with Crippen molar-refractivity contribution in [3.05, 3.63) is 24.3 Å². The fourth-order valence-corrected chi connectivity index (χ4v) is 1.97. The quantitative estimate of drug-likeness (QED) is 0.774. The molecule has 0 aromatic carbocycles. The molecule has 5 heteroatoms. The molecule has 0 atom stereocenters. The van der Waals surface area contributed by atoms with Crippen molar-refractivity contribution in [3.63, 3.8) is 0 Å². The van der Waals surface area contributed by atoms with Gasteiger partial charge < -0.3 is 10.0 Å². The maximum atomic E-state index is 12.9. The van der Waals surface area contributed by atoms with Crippen molar-refractivity contribution in [2.45, 2.75) is 12.8 Å². The van der Waals surface area contributed by atoms with Gasteiger partial charge in [0.2, 0.25) is 5.95 Å². The van der Waals surface area contributed by atoms with E-state index in [9.17, 15) is 9.18 Å². The molecule has 2 rings (SSSR count). The molecule has 16 heavy (non-hydrogen) atoms. The van der Waals surface area contributed by atoms with Crippen LogP contribution in [0.5, 0.6) is 0 Å². The van der Waals surface area contributed by atoms with Crippen LogP contribution in [0.4, 0.5) is 10.1 Å². The highest BCUT2D eigenvalue weighted by Gasteiger charge is 2.24. The predicted molar refractivity (Wildman–Crippen MR) is 56.8 cm³/mol. The average molecular weight is 224 g/mol. The molecule has 86 valence electrons. The van der Waals surface area contributed by atoms with Crippen molar-refractivity contribution in [2.24, 2.45) is 5.92 Å². The molecule has 0 bridgehead atoms. The van der Waals surface area contributed by atoms with Gasteiger partial charge in [0.15, 0.2) is 0 Å². The van der Waals surface area contributed by atoms with Gasteiger partial charge in [-0.1, -0.05) is 0 Å². The van der Waals surface area contributed by atoms with Gasteiger partial charge >= 0.3 is 5.97 Å². The Hall–Kier alpha value is -1.65. The van der Waals surface area contributed by atoms with Crippen LogP contribution >= 0.6 is 0 Å². The van der Waals surface area contributed by atoms with Crippen LogP contribution in [0.25, 0.3) is 0 Å². The molecule has 1 saturated heterocycles. The van der Waals surface area contributed by atoms with E-state index in [2.05, 4.69) is 4.98 Å². The molecule has 0 saturated carbocycles. The summed E-state index contributed by atoms with van der Waals surface area (Å²) in [6.45, 7) is 1.31. The van der Waals surface area contributed by atoms with Crippen LogP contribution in [-0.2, 0) is 4.79 Å². The first-order chi connectivity index (χ1) is 7.66. The molecule has 0 unspecified atom stereocenters. The van der Waals surface area contributed by atoms with Gasteiger partial charge in [-0.05, 0) is 18.9 Å². The Kier molecular flexibility index (Phi) is 3.03. The first-order valence-corrected chi connectivity index (χ1v) is 5.26. The Bertz CT molecular complexity index is 389. The van der Waals surface area contributed by atoms with Gasteiger partial charge in [0.1, 0.15) is 0 Å². The van der Waals surface area contributed by atoms with Crippen molar-refractivity contribution in [2.75, 3.05) is 18.0 Å². The summed E-state index contributed by atoms with van der Waals surface area (Å²) in [5, 5.41) is 8.85. The van der Waals surface area contributed by atoms with Crippen molar-refractivity contribution >= 4 is 11.7 Å². The number of hydrogen-bond acceptors (Lipinski definition) is 3. The van der Waals surface area contributed by atoms with Crippen molar-refractivity contribution in [3.8, 4) is 0 Å². The number of anilines is 1. The zero-order chi connectivity index (χ0) is 11.5. The molecule has 1 N–H and O–H groups in total. The van der Waals surface area contributed by atoms with Gasteiger partial charge in [0.05, 0.1) is 5.92 Å². The molecule has 1 fully saturated rings. The molecule has 2 heterocycles. The number of carboxylic acid groups (broad SMARTS) is 1. The monoisotopic (exact) mass is 224 g/mol. The molecule has 0 radical (unpaired) electrons. The Morgan fingerprint density at radius 2 is 2.19 bits per heavy atom. The molecule has 1 aliphatic rings. The normalized spacial score (nSPS) is 17.4. The maximum Gasteiger partial charge on any atom is 0.306 e. The third-order valence-electron chi connectivity index (χ3n) is 2.92. The van der Waals surface area contributed by atoms with Crippen LogP contribution in [0.15, 0.2) is 18.3 Å². The van der Waals surface area contributed by atoms with Crippen LogP contribution in [0.2, 0.25) is 0 Å². The van der Waals surface area contributed by atoms with Crippen LogP contribution in [0.3, 0.4) is 0 Å². The van der Waals surface area contributed by atoms with E-state index in [0.29, 0.717) is 25.9 Å². The number of piperidine rings is 1. The minimum atomic E-state index is -0.736. The molecular formula is C11H13FN2O2. The SMILES string of the molecule is O=C(O)C1CCN(c2ccnc(F)c2)CC1. The van der Waals surface area contributed by atoms with Crippen LogP contribution < -0.4 is 4.90 Å². The Labute approximate surface area is 92.7 Å². The second-order valence-electron chi connectivity index (χ2n) is 3.94. The first kappa shape index (κ1) is 10.9. The van der Waals surface area contributed by atoms with Gasteiger partial charge in [-0.2, -0.15) is 4.39 Å². The highest BCUT2D eigenvalue weighted by molar-refractivity contribution is 5.70. The number of carboxylic acids is 1. The van der Waals surface area contributed by atoms with Gasteiger partial charge in [0, 0.05) is 31.0 Å². The van der Waals surface area contributed by atoms with Gasteiger partial charge in [-0.3, -0.25) is 4.79 Å². The maximum absolute atomic E-state index is 12.9. The highest BCUT2D eigenvalue weighted by atomic mass is 19.1. The van der Waals surface area contributed by atoms with Crippen molar-refractivity contribution < 1.29 is 14.3 Å². The van der Waals surface area contributed by atoms with E-state index in [4.69, 9.17) is 5.11 Å². The van der Waals surface area contributed by atoms with Crippen molar-refractivity contribution in [1.82, 2.24) is 4.98 Å². The summed E-state index contributed by atoms with van der Waals surface area (Å²) in [4.78, 5) is 16.2. The lowest BCUT2D eigenvalue weighted by Gasteiger charge is -2.31. The van der Waals surface area contributed by atoms with Crippen molar-refractivity contribution in [1.29, 1.82) is 0 Å². The molecule has 0 spiro atoms. The zero-order valence-corrected chi connectivity index (χ0v) is 8.77. The number of pyridine rings is 1. The number of aromatic nitrogens is 1. The van der Waals surface area contributed by atoms with Crippen LogP contribution in [0.1, 0.15) is 12.8 Å². The predicted octanol–water partition coefficient (Wildman–Crippen LogP) is 1.52. The molecule has 4 nitrogen and oxygen atoms in total. The number of halogens is 1. The summed E-state index contributed by atoms with van der Waals surface area (Å²) in [5.41, 5.74) is 0.774. The highest BCUT2D eigenvalue weighted by Crippen LogP contribution is 2.23. The van der Waals surface area contributed by atoms with E-state index in [1.807, 2.05) is 4.90 Å². The van der Waals surface area contributed by atoms with Gasteiger partial charge in [-0.25, -0.2) is 4.98 Å². The fraction of sp³-hybridized carbons (Fsp3) is 0.455. The summed E-state index contributed by atoms with van der Waals surface area (Å²) in [6, 6.07) is 3.12. The number of hydrogen-bond donors (Lipinski definition) is 1. The third kappa shape index (κ3) is 2.29. The lowest BCUT2D eigenvalue weighted by Crippen LogP contribution is -2.36. The standard InChI is InChI=1S/C11H13FN2O2/c12-10-7-9(1-4-13-10)14-5-2-8(3-6-14)11(15)16/h1,4,7-8H,2-3,5-6H2,(H,15,16). The molecule has 0 aliphatic carbocycles. The van der Waals surface area contributed by atoms with E-state index in [-0.39, 0.29) is 5.92 Å². The molecule has 0 amide bonds. The zero-order valence-electron chi connectivity index (χ0n) is 8.77. The summed E-state index contributed by atoms with van der Waals surface area (Å²) in [6.07, 6.45) is 2.65. The first-order valence-electron chi connectivity index (χ1n) is 5.26. The largest absolute Gasteiger partial charge is 0.481 e. The Balaban J connectivity index is 2.01. The van der Waals surface area contributed by atoms with Gasteiger partial charge in [0.25, 0.3) is 0 Å². The Morgan fingerprint density at radius 1 is 1.50 bits per heavy atom. The summed E-state index contributed by atoms with van der Waals surface area (Å²) in [7, 11) is 0. The van der Waals surface area contributed by atoms with E-state index in [1.165, 1.54) is 12.3 Å². The van der Waals surface area contributed by atoms with Crippen LogP contribution in [0, 0.1) is 11.9 Å². The number of aliphatic carboxylic acids is 1. The summed E-state index contributed by atoms with van der Waals surface area (Å²) in [5.74, 6) is -1.50. The minimum absolute atomic E-state index is 0.261. The van der Waals surface area contributed by atoms with E-state index >= 15 is 0 Å². The molecule has 1 aliphatic heterocycles. The molecular weight excluding hydrogens is 211 g/mol. The molecule has 1 aromatic rings. The minimum Gasteiger partial charge on any atom is -0.481 e. The van der Waals surface area contributed by atoms with E-state index < -0.39 is 11.9 Å². The third-order valence-corrected chi connectivity index (χ3v) is 2.92. The average Bonchev–Trinajstić information content (AvgIpc) is 2.29. The second kappa shape index (κ2) is 4.47. The van der Waals surface area contributed by atoms with Gasteiger partial charge in [-0.15, -0.1) is 0 Å². The lowest BCUT2D eigenvalue weighted by molar-refractivity contribution is -0.142. The Morgan fingerprint density at radius 3 is 2.75 bits per heavy atom.